The van der Waals surface area contributed by atoms with Crippen LogP contribution in [0.4, 0.5) is 4.39 Å². The third-order valence-corrected chi connectivity index (χ3v) is 4.07. The SMILES string of the molecule is CC(CCc1ccco1)NC1CCc2cc(F)ccc21. The first-order valence-electron chi connectivity index (χ1n) is 7.29. The lowest BCUT2D eigenvalue weighted by atomic mass is 10.1. The van der Waals surface area contributed by atoms with Crippen molar-refractivity contribution in [2.75, 3.05) is 0 Å². The average Bonchev–Trinajstić information content (AvgIpc) is 3.06. The third-order valence-electron chi connectivity index (χ3n) is 4.07. The fourth-order valence-corrected chi connectivity index (χ4v) is 3.00. The van der Waals surface area contributed by atoms with Crippen LogP contribution in [-0.2, 0) is 12.8 Å². The molecule has 1 aromatic carbocycles. The molecule has 2 atom stereocenters. The highest BCUT2D eigenvalue weighted by Crippen LogP contribution is 2.32. The summed E-state index contributed by atoms with van der Waals surface area (Å²) in [5.41, 5.74) is 2.41. The summed E-state index contributed by atoms with van der Waals surface area (Å²) in [5, 5.41) is 3.65. The minimum Gasteiger partial charge on any atom is -0.469 e. The van der Waals surface area contributed by atoms with Crippen molar-refractivity contribution in [1.82, 2.24) is 5.32 Å². The molecule has 0 saturated heterocycles. The van der Waals surface area contributed by atoms with E-state index < -0.39 is 0 Å². The van der Waals surface area contributed by atoms with Gasteiger partial charge in [0, 0.05) is 18.5 Å². The zero-order valence-electron chi connectivity index (χ0n) is 11.7. The summed E-state index contributed by atoms with van der Waals surface area (Å²) in [4.78, 5) is 0. The summed E-state index contributed by atoms with van der Waals surface area (Å²) >= 11 is 0. The largest absolute Gasteiger partial charge is 0.469 e. The number of nitrogens with one attached hydrogen (secondary N) is 1. The van der Waals surface area contributed by atoms with Gasteiger partial charge in [-0.1, -0.05) is 6.07 Å². The van der Waals surface area contributed by atoms with Crippen LogP contribution in [0.2, 0.25) is 0 Å². The molecule has 106 valence electrons. The van der Waals surface area contributed by atoms with Gasteiger partial charge in [0.15, 0.2) is 0 Å². The Morgan fingerprint density at radius 1 is 1.40 bits per heavy atom. The number of fused-ring (bicyclic) bond motifs is 1. The lowest BCUT2D eigenvalue weighted by Crippen LogP contribution is -2.29. The molecule has 0 saturated carbocycles. The van der Waals surface area contributed by atoms with E-state index in [1.807, 2.05) is 18.2 Å². The third kappa shape index (κ3) is 2.93. The first-order chi connectivity index (χ1) is 9.72. The smallest absolute Gasteiger partial charge is 0.123 e. The number of aryl methyl sites for hydroxylation is 2. The second-order valence-corrected chi connectivity index (χ2v) is 5.62. The molecular formula is C17H20FNO. The van der Waals surface area contributed by atoms with Gasteiger partial charge in [0.1, 0.15) is 11.6 Å². The van der Waals surface area contributed by atoms with Crippen LogP contribution in [0, 0.1) is 5.82 Å². The van der Waals surface area contributed by atoms with E-state index in [0.29, 0.717) is 12.1 Å². The van der Waals surface area contributed by atoms with Gasteiger partial charge in [0.05, 0.1) is 6.26 Å². The van der Waals surface area contributed by atoms with Gasteiger partial charge in [0.2, 0.25) is 0 Å². The number of rotatable bonds is 5. The molecule has 0 aliphatic heterocycles. The summed E-state index contributed by atoms with van der Waals surface area (Å²) in [6, 6.07) is 9.87. The topological polar surface area (TPSA) is 25.2 Å². The number of furan rings is 1. The van der Waals surface area contributed by atoms with Crippen molar-refractivity contribution in [3.63, 3.8) is 0 Å². The molecule has 0 amide bonds. The van der Waals surface area contributed by atoms with Crippen molar-refractivity contribution in [1.29, 1.82) is 0 Å². The van der Waals surface area contributed by atoms with Crippen molar-refractivity contribution in [3.8, 4) is 0 Å². The van der Waals surface area contributed by atoms with Gasteiger partial charge in [-0.25, -0.2) is 4.39 Å². The summed E-state index contributed by atoms with van der Waals surface area (Å²) < 4.78 is 18.6. The highest BCUT2D eigenvalue weighted by molar-refractivity contribution is 5.35. The highest BCUT2D eigenvalue weighted by atomic mass is 19.1. The zero-order chi connectivity index (χ0) is 13.9. The molecule has 1 aliphatic rings. The van der Waals surface area contributed by atoms with Gasteiger partial charge in [-0.15, -0.1) is 0 Å². The molecule has 0 radical (unpaired) electrons. The van der Waals surface area contributed by atoms with E-state index in [2.05, 4.69) is 12.2 Å². The summed E-state index contributed by atoms with van der Waals surface area (Å²) in [5.74, 6) is 0.905. The molecule has 0 fully saturated rings. The first-order valence-corrected chi connectivity index (χ1v) is 7.29. The number of benzene rings is 1. The Morgan fingerprint density at radius 2 is 2.30 bits per heavy atom. The second-order valence-electron chi connectivity index (χ2n) is 5.62. The van der Waals surface area contributed by atoms with Gasteiger partial charge in [-0.05, 0) is 61.6 Å². The minimum atomic E-state index is -0.129. The van der Waals surface area contributed by atoms with Crippen LogP contribution in [-0.4, -0.2) is 6.04 Å². The van der Waals surface area contributed by atoms with E-state index in [4.69, 9.17) is 4.42 Å². The van der Waals surface area contributed by atoms with Crippen LogP contribution < -0.4 is 5.32 Å². The van der Waals surface area contributed by atoms with Gasteiger partial charge < -0.3 is 9.73 Å². The quantitative estimate of drug-likeness (QED) is 0.890. The summed E-state index contributed by atoms with van der Waals surface area (Å²) in [6.45, 7) is 2.20. The molecule has 3 rings (SSSR count). The molecule has 2 aromatic rings. The van der Waals surface area contributed by atoms with Crippen molar-refractivity contribution in [2.45, 2.75) is 44.7 Å². The van der Waals surface area contributed by atoms with E-state index in [1.54, 1.807) is 18.4 Å². The van der Waals surface area contributed by atoms with Crippen LogP contribution in [0.3, 0.4) is 0 Å². The molecule has 0 spiro atoms. The van der Waals surface area contributed by atoms with E-state index in [-0.39, 0.29) is 5.82 Å². The molecule has 20 heavy (non-hydrogen) atoms. The van der Waals surface area contributed by atoms with E-state index in [1.165, 1.54) is 5.56 Å². The molecule has 3 heteroatoms. The number of hydrogen-bond acceptors (Lipinski definition) is 2. The fraction of sp³-hybridized carbons (Fsp3) is 0.412. The van der Waals surface area contributed by atoms with Crippen LogP contribution in [0.25, 0.3) is 0 Å². The van der Waals surface area contributed by atoms with E-state index in [0.717, 1.165) is 37.0 Å². The predicted octanol–water partition coefficient (Wildman–Crippen LogP) is 4.02. The van der Waals surface area contributed by atoms with Crippen molar-refractivity contribution >= 4 is 0 Å². The van der Waals surface area contributed by atoms with Crippen LogP contribution >= 0.6 is 0 Å². The monoisotopic (exact) mass is 273 g/mol. The van der Waals surface area contributed by atoms with Gasteiger partial charge >= 0.3 is 0 Å². The van der Waals surface area contributed by atoms with Gasteiger partial charge in [0.25, 0.3) is 0 Å². The normalized spacial score (nSPS) is 19.0. The minimum absolute atomic E-state index is 0.129. The maximum atomic E-state index is 13.2. The fourth-order valence-electron chi connectivity index (χ4n) is 3.00. The molecule has 0 bridgehead atoms. The Bertz CT molecular complexity index is 564. The molecule has 1 N–H and O–H groups in total. The summed E-state index contributed by atoms with van der Waals surface area (Å²) in [6.07, 6.45) is 5.74. The standard InChI is InChI=1S/C17H20FNO/c1-12(4-7-15-3-2-10-20-15)19-17-9-5-13-11-14(18)6-8-16(13)17/h2-3,6,8,10-12,17,19H,4-5,7,9H2,1H3. The van der Waals surface area contributed by atoms with Crippen LogP contribution in [0.1, 0.15) is 42.7 Å². The van der Waals surface area contributed by atoms with Crippen molar-refractivity contribution < 1.29 is 8.81 Å². The van der Waals surface area contributed by atoms with Gasteiger partial charge in [-0.3, -0.25) is 0 Å². The lowest BCUT2D eigenvalue weighted by molar-refractivity contribution is 0.416. The Morgan fingerprint density at radius 3 is 3.10 bits per heavy atom. The maximum Gasteiger partial charge on any atom is 0.123 e. The second kappa shape index (κ2) is 5.80. The lowest BCUT2D eigenvalue weighted by Gasteiger charge is -2.20. The zero-order valence-corrected chi connectivity index (χ0v) is 11.7. The maximum absolute atomic E-state index is 13.2. The van der Waals surface area contributed by atoms with E-state index >= 15 is 0 Å². The van der Waals surface area contributed by atoms with Gasteiger partial charge in [-0.2, -0.15) is 0 Å². The highest BCUT2D eigenvalue weighted by Gasteiger charge is 2.23. The average molecular weight is 273 g/mol. The Balaban J connectivity index is 1.56. The summed E-state index contributed by atoms with van der Waals surface area (Å²) in [7, 11) is 0. The Kier molecular flexibility index (Phi) is 3.88. The molecule has 2 nitrogen and oxygen atoms in total. The number of hydrogen-bond donors (Lipinski definition) is 1. The Hall–Kier alpha value is -1.61. The predicted molar refractivity (Wildman–Crippen MR) is 77.1 cm³/mol. The molecule has 1 heterocycles. The molecule has 2 unspecified atom stereocenters. The van der Waals surface area contributed by atoms with Crippen molar-refractivity contribution in [3.05, 3.63) is 59.3 Å². The number of halogens is 1. The van der Waals surface area contributed by atoms with Crippen molar-refractivity contribution in [2.24, 2.45) is 0 Å². The molecule has 1 aromatic heterocycles. The molecule has 1 aliphatic carbocycles. The van der Waals surface area contributed by atoms with E-state index in [9.17, 15) is 4.39 Å². The Labute approximate surface area is 119 Å². The van der Waals surface area contributed by atoms with Crippen LogP contribution in [0.15, 0.2) is 41.0 Å². The molecular weight excluding hydrogens is 253 g/mol. The van der Waals surface area contributed by atoms with Crippen LogP contribution in [0.5, 0.6) is 0 Å². The first kappa shape index (κ1) is 13.4.